The highest BCUT2D eigenvalue weighted by atomic mass is 35.5. The molecule has 0 aromatic heterocycles. The number of likely N-dealkylation sites (tertiary alicyclic amines) is 1. The number of ketones is 1. The van der Waals surface area contributed by atoms with Crippen LogP contribution in [0.15, 0.2) is 35.5 Å². The zero-order valence-corrected chi connectivity index (χ0v) is 20.6. The summed E-state index contributed by atoms with van der Waals surface area (Å²) in [5, 5.41) is 16.8. The van der Waals surface area contributed by atoms with Gasteiger partial charge in [0.2, 0.25) is 0 Å². The summed E-state index contributed by atoms with van der Waals surface area (Å²) < 4.78 is 46.3. The fourth-order valence-electron chi connectivity index (χ4n) is 3.77. The van der Waals surface area contributed by atoms with Crippen molar-refractivity contribution < 1.29 is 37.4 Å². The summed E-state index contributed by atoms with van der Waals surface area (Å²) in [5.74, 6) is -2.89. The number of hydrogen-bond acceptors (Lipinski definition) is 7. The smallest absolute Gasteiger partial charge is 0.256 e. The van der Waals surface area contributed by atoms with Crippen molar-refractivity contribution in [3.8, 4) is 5.75 Å². The number of ether oxygens (including phenoxy) is 1. The molecule has 3 rings (SSSR count). The molecule has 200 valence electrons. The second-order valence-electron chi connectivity index (χ2n) is 8.14. The molecule has 1 saturated heterocycles. The van der Waals surface area contributed by atoms with Gasteiger partial charge in [0.15, 0.2) is 17.7 Å². The van der Waals surface area contributed by atoms with Gasteiger partial charge in [-0.2, -0.15) is 0 Å². The molecule has 2 unspecified atom stereocenters. The first-order valence-corrected chi connectivity index (χ1v) is 11.6. The SMILES string of the molecule is CO/N=C(\N)c1cc(F)c(CNCC(=O)C2CCN2C(=O)C(O)c2cc(Cl)cc(OCCF)c2)c(F)c1. The minimum atomic E-state index is -1.62. The Labute approximate surface area is 216 Å². The third-order valence-electron chi connectivity index (χ3n) is 5.69. The lowest BCUT2D eigenvalue weighted by atomic mass is 9.96. The molecule has 4 N–H and O–H groups in total. The molecule has 37 heavy (non-hydrogen) atoms. The zero-order chi connectivity index (χ0) is 27.1. The number of rotatable bonds is 12. The van der Waals surface area contributed by atoms with E-state index in [0.29, 0.717) is 6.42 Å². The fraction of sp³-hybridized carbons (Fsp3) is 0.375. The van der Waals surface area contributed by atoms with Crippen molar-refractivity contribution in [2.75, 3.05) is 33.5 Å². The average molecular weight is 543 g/mol. The molecule has 1 heterocycles. The number of benzene rings is 2. The van der Waals surface area contributed by atoms with E-state index in [9.17, 15) is 27.9 Å². The number of aliphatic hydroxyl groups is 1. The number of amidine groups is 1. The van der Waals surface area contributed by atoms with E-state index in [1.165, 1.54) is 30.2 Å². The highest BCUT2D eigenvalue weighted by Crippen LogP contribution is 2.29. The van der Waals surface area contributed by atoms with Gasteiger partial charge in [-0.3, -0.25) is 9.59 Å². The number of nitrogens with two attached hydrogens (primary N) is 1. The molecular formula is C24H26ClF3N4O5. The monoisotopic (exact) mass is 542 g/mol. The van der Waals surface area contributed by atoms with Crippen molar-refractivity contribution in [1.82, 2.24) is 10.2 Å². The summed E-state index contributed by atoms with van der Waals surface area (Å²) in [6.07, 6.45) is -1.25. The number of amides is 1. The predicted octanol–water partition coefficient (Wildman–Crippen LogP) is 2.23. The van der Waals surface area contributed by atoms with Crippen LogP contribution in [-0.2, 0) is 21.0 Å². The second-order valence-corrected chi connectivity index (χ2v) is 8.58. The summed E-state index contributed by atoms with van der Waals surface area (Å²) in [4.78, 5) is 31.2. The molecule has 0 bridgehead atoms. The number of nitrogens with zero attached hydrogens (tertiary/aromatic N) is 2. The lowest BCUT2D eigenvalue weighted by molar-refractivity contribution is -0.153. The topological polar surface area (TPSA) is 126 Å². The van der Waals surface area contributed by atoms with Crippen molar-refractivity contribution in [2.45, 2.75) is 25.1 Å². The maximum atomic E-state index is 14.4. The van der Waals surface area contributed by atoms with Crippen molar-refractivity contribution >= 4 is 29.1 Å². The van der Waals surface area contributed by atoms with E-state index < -0.39 is 42.1 Å². The number of hydrogen-bond donors (Lipinski definition) is 3. The summed E-state index contributed by atoms with van der Waals surface area (Å²) in [5.41, 5.74) is 5.40. The van der Waals surface area contributed by atoms with Crippen LogP contribution >= 0.6 is 11.6 Å². The van der Waals surface area contributed by atoms with E-state index in [-0.39, 0.29) is 59.5 Å². The molecule has 2 aromatic carbocycles. The van der Waals surface area contributed by atoms with Crippen LogP contribution in [0.1, 0.15) is 29.2 Å². The highest BCUT2D eigenvalue weighted by Gasteiger charge is 2.39. The van der Waals surface area contributed by atoms with E-state index in [2.05, 4.69) is 15.3 Å². The lowest BCUT2D eigenvalue weighted by Crippen LogP contribution is -2.58. The number of nitrogens with one attached hydrogen (secondary N) is 1. The molecule has 1 fully saturated rings. The second kappa shape index (κ2) is 12.7. The Kier molecular flexibility index (Phi) is 9.73. The third-order valence-corrected chi connectivity index (χ3v) is 5.91. The summed E-state index contributed by atoms with van der Waals surface area (Å²) in [6, 6.07) is 5.34. The molecule has 2 aromatic rings. The van der Waals surface area contributed by atoms with Crippen molar-refractivity contribution in [2.24, 2.45) is 10.9 Å². The van der Waals surface area contributed by atoms with Crippen LogP contribution < -0.4 is 15.8 Å². The Balaban J connectivity index is 1.59. The molecular weight excluding hydrogens is 517 g/mol. The molecule has 0 spiro atoms. The number of alkyl halides is 1. The van der Waals surface area contributed by atoms with E-state index in [1.54, 1.807) is 0 Å². The highest BCUT2D eigenvalue weighted by molar-refractivity contribution is 6.30. The number of halogens is 4. The maximum absolute atomic E-state index is 14.4. The molecule has 1 amide bonds. The standard InChI is InChI=1S/C24H26ClF3N4O5/c1-36-31-23(29)14-8-18(27)17(19(28)9-14)11-30-12-21(33)20-2-4-32(20)24(35)22(34)13-6-15(25)10-16(7-13)37-5-3-26/h6-10,20,22,30,34H,2-5,11-12H2,1H3,(H2,29,31). The van der Waals surface area contributed by atoms with Gasteiger partial charge in [-0.05, 0) is 42.3 Å². The van der Waals surface area contributed by atoms with Gasteiger partial charge >= 0.3 is 0 Å². The Bertz CT molecular complexity index is 1160. The number of Topliss-reactive ketones (excluding diaryl/α,β-unsaturated/α-hetero) is 1. The van der Waals surface area contributed by atoms with Gasteiger partial charge in [-0.15, -0.1) is 0 Å². The number of oxime groups is 1. The molecule has 13 heteroatoms. The first kappa shape index (κ1) is 28.2. The fourth-order valence-corrected chi connectivity index (χ4v) is 4.00. The van der Waals surface area contributed by atoms with Crippen molar-refractivity contribution in [3.63, 3.8) is 0 Å². The molecule has 1 aliphatic rings. The molecule has 0 saturated carbocycles. The van der Waals surface area contributed by atoms with Crippen LogP contribution in [0.3, 0.4) is 0 Å². The minimum Gasteiger partial charge on any atom is -0.491 e. The number of aliphatic hydroxyl groups excluding tert-OH is 1. The summed E-state index contributed by atoms with van der Waals surface area (Å²) in [6.45, 7) is -1.26. The number of carbonyl (C=O) groups is 2. The minimum absolute atomic E-state index is 0.000318. The van der Waals surface area contributed by atoms with Crippen LogP contribution in [0, 0.1) is 11.6 Å². The van der Waals surface area contributed by atoms with E-state index in [4.69, 9.17) is 22.1 Å². The van der Waals surface area contributed by atoms with Gasteiger partial charge < -0.3 is 30.6 Å². The summed E-state index contributed by atoms with van der Waals surface area (Å²) >= 11 is 6.01. The Morgan fingerprint density at radius 2 is 1.97 bits per heavy atom. The van der Waals surface area contributed by atoms with Gasteiger partial charge in [0.1, 0.15) is 37.8 Å². The van der Waals surface area contributed by atoms with E-state index in [1.807, 2.05) is 0 Å². The third kappa shape index (κ3) is 6.90. The summed E-state index contributed by atoms with van der Waals surface area (Å²) in [7, 11) is 1.24. The van der Waals surface area contributed by atoms with Gasteiger partial charge in [0.05, 0.1) is 12.6 Å². The van der Waals surface area contributed by atoms with Crippen LogP contribution in [0.2, 0.25) is 5.02 Å². The molecule has 1 aliphatic heterocycles. The lowest BCUT2D eigenvalue weighted by Gasteiger charge is -2.41. The van der Waals surface area contributed by atoms with Crippen LogP contribution in [0.4, 0.5) is 13.2 Å². The molecule has 2 atom stereocenters. The van der Waals surface area contributed by atoms with Gasteiger partial charge in [-0.25, -0.2) is 13.2 Å². The first-order valence-electron chi connectivity index (χ1n) is 11.2. The first-order chi connectivity index (χ1) is 17.7. The zero-order valence-electron chi connectivity index (χ0n) is 19.8. The van der Waals surface area contributed by atoms with Crippen LogP contribution in [0.25, 0.3) is 0 Å². The normalized spacial score (nSPS) is 16.2. The largest absolute Gasteiger partial charge is 0.491 e. The number of carbonyl (C=O) groups excluding carboxylic acids is 2. The van der Waals surface area contributed by atoms with E-state index in [0.717, 1.165) is 12.1 Å². The maximum Gasteiger partial charge on any atom is 0.256 e. The van der Waals surface area contributed by atoms with E-state index >= 15 is 0 Å². The van der Waals surface area contributed by atoms with Crippen molar-refractivity contribution in [3.05, 3.63) is 63.7 Å². The molecule has 9 nitrogen and oxygen atoms in total. The Hall–Kier alpha value is -3.35. The Morgan fingerprint density at radius 3 is 2.57 bits per heavy atom. The Morgan fingerprint density at radius 1 is 1.27 bits per heavy atom. The molecule has 0 aliphatic carbocycles. The van der Waals surface area contributed by atoms with Crippen molar-refractivity contribution in [1.29, 1.82) is 0 Å². The average Bonchev–Trinajstić information content (AvgIpc) is 2.82. The van der Waals surface area contributed by atoms with Crippen LogP contribution in [-0.4, -0.2) is 67.1 Å². The van der Waals surface area contributed by atoms with Crippen LogP contribution in [0.5, 0.6) is 5.75 Å². The predicted molar refractivity (Wildman–Crippen MR) is 129 cm³/mol. The quantitative estimate of drug-likeness (QED) is 0.213. The van der Waals surface area contributed by atoms with Gasteiger partial charge in [0, 0.05) is 29.2 Å². The van der Waals surface area contributed by atoms with Gasteiger partial charge in [0.25, 0.3) is 5.91 Å². The molecule has 0 radical (unpaired) electrons. The van der Waals surface area contributed by atoms with Gasteiger partial charge in [-0.1, -0.05) is 16.8 Å².